The van der Waals surface area contributed by atoms with E-state index >= 15 is 0 Å². The molecule has 1 aromatic rings. The molecule has 1 atom stereocenters. The number of benzene rings is 1. The summed E-state index contributed by atoms with van der Waals surface area (Å²) in [5.74, 6) is 0. The Morgan fingerprint density at radius 1 is 1.00 bits per heavy atom. The van der Waals surface area contributed by atoms with Crippen molar-refractivity contribution in [2.24, 2.45) is 0 Å². The Morgan fingerprint density at radius 3 is 1.69 bits per heavy atom. The van der Waals surface area contributed by atoms with Gasteiger partial charge in [0.05, 0.1) is 7.85 Å². The number of halogens is 1. The van der Waals surface area contributed by atoms with Crippen molar-refractivity contribution in [3.05, 3.63) is 32.3 Å². The maximum absolute atomic E-state index is 6.41. The van der Waals surface area contributed by atoms with Gasteiger partial charge in [-0.05, 0) is 60.8 Å². The van der Waals surface area contributed by atoms with Gasteiger partial charge < -0.3 is 0 Å². The predicted octanol–water partition coefficient (Wildman–Crippen LogP) is 4.48. The fourth-order valence-electron chi connectivity index (χ4n) is 2.30. The average molecular weight is 279 g/mol. The van der Waals surface area contributed by atoms with E-state index in [9.17, 15) is 0 Å². The Bertz CT molecular complexity index is 390. The van der Waals surface area contributed by atoms with Crippen LogP contribution >= 0.6 is 15.9 Å². The second kappa shape index (κ2) is 4.56. The fraction of sp³-hybridized carbons (Fsp3) is 0.571. The highest BCUT2D eigenvalue weighted by atomic mass is 79.9. The van der Waals surface area contributed by atoms with E-state index < -0.39 is 0 Å². The first kappa shape index (κ1) is 13.8. The molecule has 2 heteroatoms. The number of hydrogen-bond donors (Lipinski definition) is 0. The quantitative estimate of drug-likeness (QED) is 0.700. The second-order valence-corrected chi connectivity index (χ2v) is 5.75. The Labute approximate surface area is 109 Å². The minimum Gasteiger partial charge on any atom is -0.0653 e. The Morgan fingerprint density at radius 2 is 1.38 bits per heavy atom. The monoisotopic (exact) mass is 278 g/mol. The van der Waals surface area contributed by atoms with Crippen LogP contribution in [0, 0.1) is 27.7 Å². The Hall–Kier alpha value is -0.235. The molecule has 1 rings (SSSR count). The highest BCUT2D eigenvalue weighted by Gasteiger charge is 2.24. The average Bonchev–Trinajstić information content (AvgIpc) is 2.23. The minimum atomic E-state index is -0.232. The number of hydrogen-bond acceptors (Lipinski definition) is 0. The third-order valence-corrected chi connectivity index (χ3v) is 5.03. The van der Waals surface area contributed by atoms with Gasteiger partial charge in [-0.25, -0.2) is 0 Å². The summed E-state index contributed by atoms with van der Waals surface area (Å²) in [5.41, 5.74) is 6.57. The Kier molecular flexibility index (Phi) is 3.94. The van der Waals surface area contributed by atoms with E-state index in [1.54, 1.807) is 0 Å². The van der Waals surface area contributed by atoms with Crippen LogP contribution in [0.2, 0.25) is 0 Å². The largest absolute Gasteiger partial charge is 0.0806 e. The molecule has 0 nitrogen and oxygen atoms in total. The molecule has 0 saturated carbocycles. The fourth-order valence-corrected chi connectivity index (χ4v) is 2.89. The zero-order chi connectivity index (χ0) is 12.7. The molecular formula is C14H20BBr. The van der Waals surface area contributed by atoms with Crippen molar-refractivity contribution in [1.29, 1.82) is 0 Å². The summed E-state index contributed by atoms with van der Waals surface area (Å²) in [7, 11) is 6.41. The summed E-state index contributed by atoms with van der Waals surface area (Å²) in [4.78, 5) is 0. The van der Waals surface area contributed by atoms with Crippen LogP contribution in [-0.4, -0.2) is 7.85 Å². The van der Waals surface area contributed by atoms with Crippen LogP contribution in [0.4, 0.5) is 0 Å². The molecule has 0 amide bonds. The van der Waals surface area contributed by atoms with E-state index in [1.165, 1.54) is 32.3 Å². The van der Waals surface area contributed by atoms with Crippen LogP contribution in [0.15, 0.2) is 4.47 Å². The SMILES string of the molecule is [B]C(C)(CC)c1c(C)c(C)c(Br)c(C)c1C. The summed E-state index contributed by atoms with van der Waals surface area (Å²) in [6.07, 6.45) is 0.954. The van der Waals surface area contributed by atoms with Gasteiger partial charge in [-0.2, -0.15) is 0 Å². The standard InChI is InChI=1S/C14H20BBr/c1-7-14(6,15)12-8(2)10(4)13(16)11(5)9(12)3/h7H2,1-6H3. The predicted molar refractivity (Wildman–Crippen MR) is 76.5 cm³/mol. The maximum atomic E-state index is 6.41. The van der Waals surface area contributed by atoms with Gasteiger partial charge in [-0.1, -0.05) is 36.2 Å². The van der Waals surface area contributed by atoms with Crippen molar-refractivity contribution in [1.82, 2.24) is 0 Å². The number of rotatable bonds is 2. The molecule has 0 aliphatic rings. The van der Waals surface area contributed by atoms with Crippen molar-refractivity contribution in [2.75, 3.05) is 0 Å². The van der Waals surface area contributed by atoms with E-state index in [-0.39, 0.29) is 5.31 Å². The lowest BCUT2D eigenvalue weighted by atomic mass is 9.61. The molecule has 0 spiro atoms. The highest BCUT2D eigenvalue weighted by Crippen LogP contribution is 2.37. The summed E-state index contributed by atoms with van der Waals surface area (Å²) < 4.78 is 1.22. The normalized spacial score (nSPS) is 14.9. The lowest BCUT2D eigenvalue weighted by Gasteiger charge is -2.31. The van der Waals surface area contributed by atoms with E-state index in [2.05, 4.69) is 57.5 Å². The molecule has 16 heavy (non-hydrogen) atoms. The van der Waals surface area contributed by atoms with Gasteiger partial charge in [-0.3, -0.25) is 0 Å². The van der Waals surface area contributed by atoms with Gasteiger partial charge in [0.1, 0.15) is 0 Å². The van der Waals surface area contributed by atoms with E-state index in [0.29, 0.717) is 0 Å². The van der Waals surface area contributed by atoms with Gasteiger partial charge in [-0.15, -0.1) is 0 Å². The van der Waals surface area contributed by atoms with Crippen molar-refractivity contribution >= 4 is 23.8 Å². The van der Waals surface area contributed by atoms with Crippen molar-refractivity contribution in [3.63, 3.8) is 0 Å². The summed E-state index contributed by atoms with van der Waals surface area (Å²) in [6.45, 7) is 12.9. The van der Waals surface area contributed by atoms with Crippen LogP contribution in [0.3, 0.4) is 0 Å². The molecule has 0 saturated heterocycles. The van der Waals surface area contributed by atoms with E-state index in [1.807, 2.05) is 0 Å². The molecule has 0 aromatic heterocycles. The Balaban J connectivity index is 3.65. The van der Waals surface area contributed by atoms with Crippen molar-refractivity contribution in [2.45, 2.75) is 53.3 Å². The molecule has 1 unspecified atom stereocenters. The van der Waals surface area contributed by atoms with E-state index in [0.717, 1.165) is 6.42 Å². The first-order valence-corrected chi connectivity index (χ1v) is 6.58. The second-order valence-electron chi connectivity index (χ2n) is 4.96. The molecule has 1 aromatic carbocycles. The molecular weight excluding hydrogens is 259 g/mol. The van der Waals surface area contributed by atoms with Crippen molar-refractivity contribution in [3.8, 4) is 0 Å². The molecule has 0 N–H and O–H groups in total. The van der Waals surface area contributed by atoms with Gasteiger partial charge in [0.2, 0.25) is 0 Å². The molecule has 0 aliphatic heterocycles. The molecule has 0 aliphatic carbocycles. The van der Waals surface area contributed by atoms with Gasteiger partial charge >= 0.3 is 0 Å². The molecule has 0 fully saturated rings. The smallest absolute Gasteiger partial charge is 0.0653 e. The third kappa shape index (κ3) is 2.09. The zero-order valence-corrected chi connectivity index (χ0v) is 12.7. The van der Waals surface area contributed by atoms with Crippen LogP contribution in [0.25, 0.3) is 0 Å². The maximum Gasteiger partial charge on any atom is 0.0806 e. The third-order valence-electron chi connectivity index (χ3n) is 3.84. The molecule has 0 heterocycles. The first-order chi connectivity index (χ1) is 7.24. The van der Waals surface area contributed by atoms with Crippen LogP contribution in [0.5, 0.6) is 0 Å². The topological polar surface area (TPSA) is 0 Å². The first-order valence-electron chi connectivity index (χ1n) is 5.79. The summed E-state index contributed by atoms with van der Waals surface area (Å²) in [5, 5.41) is -0.232. The van der Waals surface area contributed by atoms with Gasteiger partial charge in [0.15, 0.2) is 0 Å². The van der Waals surface area contributed by atoms with Crippen LogP contribution < -0.4 is 0 Å². The lowest BCUT2D eigenvalue weighted by Crippen LogP contribution is -2.24. The molecule has 0 bridgehead atoms. The lowest BCUT2D eigenvalue weighted by molar-refractivity contribution is 0.638. The zero-order valence-electron chi connectivity index (χ0n) is 11.2. The minimum absolute atomic E-state index is 0.232. The summed E-state index contributed by atoms with van der Waals surface area (Å²) in [6, 6.07) is 0. The summed E-state index contributed by atoms with van der Waals surface area (Å²) >= 11 is 3.66. The van der Waals surface area contributed by atoms with Crippen LogP contribution in [0.1, 0.15) is 48.1 Å². The van der Waals surface area contributed by atoms with Crippen molar-refractivity contribution < 1.29 is 0 Å². The van der Waals surface area contributed by atoms with E-state index in [4.69, 9.17) is 7.85 Å². The van der Waals surface area contributed by atoms with Gasteiger partial charge in [0.25, 0.3) is 0 Å². The molecule has 86 valence electrons. The van der Waals surface area contributed by atoms with Gasteiger partial charge in [0, 0.05) is 4.47 Å². The molecule has 2 radical (unpaired) electrons. The van der Waals surface area contributed by atoms with Crippen LogP contribution in [-0.2, 0) is 5.31 Å². The highest BCUT2D eigenvalue weighted by molar-refractivity contribution is 9.10.